The molecular weight excluding hydrogens is 355 g/mol. The second kappa shape index (κ2) is 5.66. The van der Waals surface area contributed by atoms with E-state index < -0.39 is 11.6 Å². The minimum absolute atomic E-state index is 0.102. The van der Waals surface area contributed by atoms with Crippen LogP contribution in [0, 0.1) is 5.82 Å². The third-order valence-corrected chi connectivity index (χ3v) is 4.73. The van der Waals surface area contributed by atoms with Crippen molar-refractivity contribution in [2.24, 2.45) is 5.73 Å². The molecule has 1 atom stereocenters. The van der Waals surface area contributed by atoms with Gasteiger partial charge in [-0.1, -0.05) is 11.6 Å². The molecule has 100 valence electrons. The molecule has 0 fully saturated rings. The van der Waals surface area contributed by atoms with Crippen molar-refractivity contribution < 1.29 is 9.18 Å². The molecule has 1 aromatic carbocycles. The molecule has 7 heteroatoms. The van der Waals surface area contributed by atoms with Gasteiger partial charge in [-0.15, -0.1) is 11.3 Å². The lowest BCUT2D eigenvalue weighted by Crippen LogP contribution is -2.08. The SMILES string of the molecule is CC(N)c1nc(C(=O)c2ccc(Br)c(Cl)c2F)cs1. The molecule has 1 heterocycles. The molecule has 0 aliphatic carbocycles. The summed E-state index contributed by atoms with van der Waals surface area (Å²) >= 11 is 10.1. The molecule has 19 heavy (non-hydrogen) atoms. The van der Waals surface area contributed by atoms with Gasteiger partial charge in [0.05, 0.1) is 16.6 Å². The minimum atomic E-state index is -0.753. The number of benzene rings is 1. The van der Waals surface area contributed by atoms with Gasteiger partial charge in [-0.25, -0.2) is 9.37 Å². The van der Waals surface area contributed by atoms with Gasteiger partial charge >= 0.3 is 0 Å². The Balaban J connectivity index is 2.41. The van der Waals surface area contributed by atoms with Crippen LogP contribution in [0.25, 0.3) is 0 Å². The van der Waals surface area contributed by atoms with Crippen LogP contribution in [0.5, 0.6) is 0 Å². The molecule has 1 aromatic heterocycles. The zero-order valence-corrected chi connectivity index (χ0v) is 12.9. The third-order valence-electron chi connectivity index (χ3n) is 2.42. The van der Waals surface area contributed by atoms with Crippen LogP contribution in [0.2, 0.25) is 5.02 Å². The van der Waals surface area contributed by atoms with Crippen molar-refractivity contribution in [3.63, 3.8) is 0 Å². The first kappa shape index (κ1) is 14.6. The summed E-state index contributed by atoms with van der Waals surface area (Å²) < 4.78 is 14.3. The zero-order chi connectivity index (χ0) is 14.2. The largest absolute Gasteiger partial charge is 0.322 e. The van der Waals surface area contributed by atoms with Gasteiger partial charge in [0.15, 0.2) is 5.82 Å². The Bertz CT molecular complexity index is 645. The molecule has 3 nitrogen and oxygen atoms in total. The summed E-state index contributed by atoms with van der Waals surface area (Å²) in [5.41, 5.74) is 5.75. The smallest absolute Gasteiger partial charge is 0.215 e. The van der Waals surface area contributed by atoms with Gasteiger partial charge in [0.1, 0.15) is 10.7 Å². The number of halogens is 3. The average molecular weight is 364 g/mol. The van der Waals surface area contributed by atoms with Crippen LogP contribution in [0.3, 0.4) is 0 Å². The highest BCUT2D eigenvalue weighted by atomic mass is 79.9. The maximum atomic E-state index is 13.9. The lowest BCUT2D eigenvalue weighted by atomic mass is 10.1. The number of carbonyl (C=O) groups excluding carboxylic acids is 1. The van der Waals surface area contributed by atoms with E-state index in [0.717, 1.165) is 0 Å². The molecule has 2 N–H and O–H groups in total. The number of hydrogen-bond acceptors (Lipinski definition) is 4. The summed E-state index contributed by atoms with van der Waals surface area (Å²) in [5, 5.41) is 2.08. The summed E-state index contributed by atoms with van der Waals surface area (Å²) in [6.45, 7) is 1.77. The van der Waals surface area contributed by atoms with E-state index >= 15 is 0 Å². The lowest BCUT2D eigenvalue weighted by Gasteiger charge is -2.03. The van der Waals surface area contributed by atoms with Crippen LogP contribution in [0.15, 0.2) is 22.0 Å². The Morgan fingerprint density at radius 2 is 2.26 bits per heavy atom. The molecule has 0 amide bonds. The summed E-state index contributed by atoms with van der Waals surface area (Å²) in [6, 6.07) is 2.64. The molecule has 0 radical (unpaired) electrons. The van der Waals surface area contributed by atoms with E-state index in [-0.39, 0.29) is 22.3 Å². The van der Waals surface area contributed by atoms with Gasteiger partial charge in [0, 0.05) is 9.85 Å². The van der Waals surface area contributed by atoms with Gasteiger partial charge in [-0.3, -0.25) is 4.79 Å². The molecule has 0 spiro atoms. The van der Waals surface area contributed by atoms with E-state index in [2.05, 4.69) is 20.9 Å². The molecule has 0 saturated heterocycles. The number of rotatable bonds is 3. The molecule has 1 unspecified atom stereocenters. The number of aromatic nitrogens is 1. The Hall–Kier alpha value is -0.820. The second-order valence-corrected chi connectivity index (χ2v) is 6.03. The number of thiazole rings is 1. The van der Waals surface area contributed by atoms with Crippen molar-refractivity contribution in [3.05, 3.63) is 49.1 Å². The van der Waals surface area contributed by atoms with E-state index in [9.17, 15) is 9.18 Å². The maximum Gasteiger partial charge on any atom is 0.215 e. The highest BCUT2D eigenvalue weighted by Crippen LogP contribution is 2.29. The van der Waals surface area contributed by atoms with Crippen molar-refractivity contribution in [2.75, 3.05) is 0 Å². The molecule has 0 saturated carbocycles. The number of hydrogen-bond donors (Lipinski definition) is 1. The second-order valence-electron chi connectivity index (χ2n) is 3.91. The van der Waals surface area contributed by atoms with Gasteiger partial charge in [-0.05, 0) is 35.0 Å². The van der Waals surface area contributed by atoms with E-state index in [4.69, 9.17) is 17.3 Å². The highest BCUT2D eigenvalue weighted by molar-refractivity contribution is 9.10. The van der Waals surface area contributed by atoms with Gasteiger partial charge in [-0.2, -0.15) is 0 Å². The predicted molar refractivity (Wildman–Crippen MR) is 77.3 cm³/mol. The molecule has 0 aliphatic heterocycles. The van der Waals surface area contributed by atoms with Crippen molar-refractivity contribution in [1.82, 2.24) is 4.98 Å². The maximum absolute atomic E-state index is 13.9. The fourth-order valence-corrected chi connectivity index (χ4v) is 2.67. The van der Waals surface area contributed by atoms with E-state index in [0.29, 0.717) is 9.48 Å². The minimum Gasteiger partial charge on any atom is -0.322 e. The number of ketones is 1. The van der Waals surface area contributed by atoms with Crippen LogP contribution >= 0.6 is 38.9 Å². The van der Waals surface area contributed by atoms with Crippen molar-refractivity contribution in [2.45, 2.75) is 13.0 Å². The van der Waals surface area contributed by atoms with Crippen molar-refractivity contribution in [1.29, 1.82) is 0 Å². The summed E-state index contributed by atoms with van der Waals surface area (Å²) in [5.74, 6) is -1.26. The van der Waals surface area contributed by atoms with Crippen LogP contribution in [0.1, 0.15) is 34.0 Å². The third kappa shape index (κ3) is 2.86. The monoisotopic (exact) mass is 362 g/mol. The topological polar surface area (TPSA) is 56.0 Å². The first-order valence-electron chi connectivity index (χ1n) is 5.31. The predicted octanol–water partition coefficient (Wildman–Crippen LogP) is 3.95. The first-order chi connectivity index (χ1) is 8.91. The quantitative estimate of drug-likeness (QED) is 0.663. The van der Waals surface area contributed by atoms with Gasteiger partial charge in [0.2, 0.25) is 5.78 Å². The van der Waals surface area contributed by atoms with Gasteiger partial charge in [0.25, 0.3) is 0 Å². The molecule has 0 bridgehead atoms. The molecule has 0 aliphatic rings. The van der Waals surface area contributed by atoms with Crippen LogP contribution < -0.4 is 5.73 Å². The Morgan fingerprint density at radius 3 is 2.84 bits per heavy atom. The van der Waals surface area contributed by atoms with Crippen molar-refractivity contribution in [3.8, 4) is 0 Å². The van der Waals surface area contributed by atoms with E-state index in [1.807, 2.05) is 0 Å². The average Bonchev–Trinajstić information content (AvgIpc) is 2.85. The molecular formula is C12H9BrClFN2OS. The molecule has 2 rings (SSSR count). The Kier molecular flexibility index (Phi) is 4.35. The van der Waals surface area contributed by atoms with Crippen LogP contribution in [-0.2, 0) is 0 Å². The number of carbonyl (C=O) groups is 1. The number of nitrogens with zero attached hydrogens (tertiary/aromatic N) is 1. The van der Waals surface area contributed by atoms with Crippen LogP contribution in [0.4, 0.5) is 4.39 Å². The Morgan fingerprint density at radius 1 is 1.58 bits per heavy atom. The fraction of sp³-hybridized carbons (Fsp3) is 0.167. The molecule has 2 aromatic rings. The lowest BCUT2D eigenvalue weighted by molar-refractivity contribution is 0.103. The fourth-order valence-electron chi connectivity index (χ4n) is 1.44. The Labute approximate surface area is 126 Å². The van der Waals surface area contributed by atoms with E-state index in [1.54, 1.807) is 12.3 Å². The highest BCUT2D eigenvalue weighted by Gasteiger charge is 2.20. The number of nitrogens with two attached hydrogens (primary N) is 1. The first-order valence-corrected chi connectivity index (χ1v) is 7.36. The summed E-state index contributed by atoms with van der Waals surface area (Å²) in [4.78, 5) is 16.3. The van der Waals surface area contributed by atoms with Gasteiger partial charge < -0.3 is 5.73 Å². The van der Waals surface area contributed by atoms with Crippen molar-refractivity contribution >= 4 is 44.7 Å². The standard InChI is InChI=1S/C12H9BrClFN2OS/c1-5(16)12-17-8(4-19-12)11(18)6-2-3-7(13)9(14)10(6)15/h2-5H,16H2,1H3. The van der Waals surface area contributed by atoms with E-state index in [1.165, 1.54) is 23.5 Å². The summed E-state index contributed by atoms with van der Waals surface area (Å²) in [6.07, 6.45) is 0. The van der Waals surface area contributed by atoms with Crippen LogP contribution in [-0.4, -0.2) is 10.8 Å². The normalized spacial score (nSPS) is 12.5. The zero-order valence-electron chi connectivity index (χ0n) is 9.78. The summed E-state index contributed by atoms with van der Waals surface area (Å²) in [7, 11) is 0.